The number of allylic oxidation sites excluding steroid dienone is 1. The molecule has 0 bridgehead atoms. The molecule has 118 valence electrons. The first-order valence-corrected chi connectivity index (χ1v) is 6.59. The van der Waals surface area contributed by atoms with Crippen LogP contribution in [0.4, 0.5) is 13.2 Å². The van der Waals surface area contributed by atoms with Crippen LogP contribution >= 0.6 is 0 Å². The Kier molecular flexibility index (Phi) is 4.08. The van der Waals surface area contributed by atoms with E-state index in [0.29, 0.717) is 12.7 Å². The molecular formula is C15H15F3N2O2. The van der Waals surface area contributed by atoms with Gasteiger partial charge in [0.25, 0.3) is 0 Å². The Morgan fingerprint density at radius 1 is 1.45 bits per heavy atom. The first-order valence-electron chi connectivity index (χ1n) is 6.59. The molecule has 0 aliphatic heterocycles. The molecule has 7 heteroatoms. The zero-order valence-corrected chi connectivity index (χ0v) is 12.1. The number of hydrogen-bond acceptors (Lipinski definition) is 4. The summed E-state index contributed by atoms with van der Waals surface area (Å²) < 4.78 is 38.7. The molecule has 22 heavy (non-hydrogen) atoms. The standard InChI is InChI=1S/C15H15F3N2O2/c1-20(2)8-10-6-14(10,9-21)7-12(22)11-4-3-5-19-13(11)15(16,17)18/h3-5,8-9H,6-7H2,1-2H3. The molecule has 1 aliphatic rings. The largest absolute Gasteiger partial charge is 0.434 e. The number of halogens is 3. The second-order valence-corrected chi connectivity index (χ2v) is 5.57. The Bertz CT molecular complexity index is 638. The summed E-state index contributed by atoms with van der Waals surface area (Å²) in [7, 11) is 3.54. The molecule has 0 aromatic carbocycles. The molecule has 0 radical (unpaired) electrons. The smallest absolute Gasteiger partial charge is 0.383 e. The summed E-state index contributed by atoms with van der Waals surface area (Å²) in [6.45, 7) is 0. The van der Waals surface area contributed by atoms with Gasteiger partial charge in [-0.1, -0.05) is 0 Å². The number of aldehydes is 1. The van der Waals surface area contributed by atoms with Crippen LogP contribution in [0.5, 0.6) is 0 Å². The molecule has 0 N–H and O–H groups in total. The summed E-state index contributed by atoms with van der Waals surface area (Å²) in [5, 5.41) is 0. The molecular weight excluding hydrogens is 297 g/mol. The van der Waals surface area contributed by atoms with Crippen LogP contribution in [0.25, 0.3) is 0 Å². The Hall–Kier alpha value is -2.18. The summed E-state index contributed by atoms with van der Waals surface area (Å²) >= 11 is 0. The van der Waals surface area contributed by atoms with Crippen molar-refractivity contribution in [1.82, 2.24) is 9.88 Å². The van der Waals surface area contributed by atoms with E-state index in [2.05, 4.69) is 4.98 Å². The van der Waals surface area contributed by atoms with Crippen molar-refractivity contribution < 1.29 is 22.8 Å². The molecule has 1 unspecified atom stereocenters. The van der Waals surface area contributed by atoms with E-state index in [-0.39, 0.29) is 6.42 Å². The Morgan fingerprint density at radius 3 is 2.68 bits per heavy atom. The van der Waals surface area contributed by atoms with Gasteiger partial charge in [0.15, 0.2) is 11.5 Å². The third-order valence-electron chi connectivity index (χ3n) is 3.51. The van der Waals surface area contributed by atoms with Gasteiger partial charge in [-0.25, -0.2) is 0 Å². The minimum absolute atomic E-state index is 0.273. The maximum Gasteiger partial charge on any atom is 0.434 e. The summed E-state index contributed by atoms with van der Waals surface area (Å²) in [6, 6.07) is 2.37. The van der Waals surface area contributed by atoms with Crippen LogP contribution in [0.1, 0.15) is 28.9 Å². The van der Waals surface area contributed by atoms with E-state index >= 15 is 0 Å². The first kappa shape index (κ1) is 16.2. The molecule has 0 spiro atoms. The first-order chi connectivity index (χ1) is 10.2. The Labute approximate surface area is 125 Å². The second-order valence-electron chi connectivity index (χ2n) is 5.57. The lowest BCUT2D eigenvalue weighted by molar-refractivity contribution is -0.141. The lowest BCUT2D eigenvalue weighted by atomic mass is 9.95. The number of ketones is 1. The summed E-state index contributed by atoms with van der Waals surface area (Å²) in [5.74, 6) is -0.727. The molecule has 0 saturated heterocycles. The van der Waals surface area contributed by atoms with Gasteiger partial charge in [0, 0.05) is 32.3 Å². The zero-order chi connectivity index (χ0) is 16.5. The van der Waals surface area contributed by atoms with Crippen molar-refractivity contribution in [1.29, 1.82) is 0 Å². The van der Waals surface area contributed by atoms with Crippen molar-refractivity contribution in [3.8, 4) is 0 Å². The minimum atomic E-state index is -4.70. The second kappa shape index (κ2) is 5.55. The molecule has 1 aromatic rings. The average molecular weight is 312 g/mol. The van der Waals surface area contributed by atoms with Gasteiger partial charge in [0.05, 0.1) is 5.41 Å². The van der Waals surface area contributed by atoms with Gasteiger partial charge in [0.2, 0.25) is 0 Å². The van der Waals surface area contributed by atoms with Crippen LogP contribution in [-0.2, 0) is 11.0 Å². The number of rotatable bonds is 5. The van der Waals surface area contributed by atoms with E-state index in [9.17, 15) is 22.8 Å². The van der Waals surface area contributed by atoms with E-state index in [1.807, 2.05) is 0 Å². The molecule has 1 atom stereocenters. The normalized spacial score (nSPS) is 22.5. The van der Waals surface area contributed by atoms with Crippen molar-refractivity contribution >= 4 is 12.1 Å². The number of aromatic nitrogens is 1. The topological polar surface area (TPSA) is 50.3 Å². The third-order valence-corrected chi connectivity index (χ3v) is 3.51. The molecule has 2 rings (SSSR count). The lowest BCUT2D eigenvalue weighted by Crippen LogP contribution is -2.18. The van der Waals surface area contributed by atoms with Crippen molar-refractivity contribution in [2.45, 2.75) is 19.0 Å². The number of Topliss-reactive ketones (excluding diaryl/α,β-unsaturated/α-hetero) is 1. The molecule has 1 aliphatic carbocycles. The van der Waals surface area contributed by atoms with E-state index < -0.39 is 28.6 Å². The predicted molar refractivity (Wildman–Crippen MR) is 73.1 cm³/mol. The van der Waals surface area contributed by atoms with E-state index in [4.69, 9.17) is 0 Å². The van der Waals surface area contributed by atoms with Gasteiger partial charge < -0.3 is 9.69 Å². The maximum atomic E-state index is 12.9. The Balaban J connectivity index is 2.26. The van der Waals surface area contributed by atoms with Crippen LogP contribution in [0.15, 0.2) is 30.1 Å². The maximum absolute atomic E-state index is 12.9. The van der Waals surface area contributed by atoms with Crippen molar-refractivity contribution in [3.63, 3.8) is 0 Å². The van der Waals surface area contributed by atoms with Crippen LogP contribution < -0.4 is 0 Å². The Morgan fingerprint density at radius 2 is 2.14 bits per heavy atom. The molecule has 4 nitrogen and oxygen atoms in total. The number of hydrogen-bond donors (Lipinski definition) is 0. The monoisotopic (exact) mass is 312 g/mol. The fourth-order valence-electron chi connectivity index (χ4n) is 2.35. The molecule has 0 amide bonds. The van der Waals surface area contributed by atoms with Crippen molar-refractivity contribution in [3.05, 3.63) is 41.4 Å². The van der Waals surface area contributed by atoms with Crippen molar-refractivity contribution in [2.24, 2.45) is 5.41 Å². The molecule has 1 heterocycles. The predicted octanol–water partition coefficient (Wildman–Crippen LogP) is 2.71. The summed E-state index contributed by atoms with van der Waals surface area (Å²) in [5.41, 5.74) is -1.93. The van der Waals surface area contributed by atoms with E-state index in [1.54, 1.807) is 25.2 Å². The molecule has 1 saturated carbocycles. The number of nitrogens with zero attached hydrogens (tertiary/aromatic N) is 2. The van der Waals surface area contributed by atoms with Gasteiger partial charge >= 0.3 is 6.18 Å². The zero-order valence-electron chi connectivity index (χ0n) is 12.1. The van der Waals surface area contributed by atoms with Gasteiger partial charge in [-0.2, -0.15) is 13.2 Å². The number of carbonyl (C=O) groups is 2. The van der Waals surface area contributed by atoms with Gasteiger partial charge in [-0.3, -0.25) is 9.78 Å². The highest BCUT2D eigenvalue weighted by atomic mass is 19.4. The number of alkyl halides is 3. The fraction of sp³-hybridized carbons (Fsp3) is 0.400. The summed E-state index contributed by atoms with van der Waals surface area (Å²) in [4.78, 5) is 28.5. The van der Waals surface area contributed by atoms with E-state index in [1.165, 1.54) is 6.07 Å². The number of pyridine rings is 1. The highest BCUT2D eigenvalue weighted by molar-refractivity contribution is 6.00. The average Bonchev–Trinajstić information content (AvgIpc) is 3.10. The molecule has 1 fully saturated rings. The minimum Gasteiger partial charge on any atom is -0.383 e. The summed E-state index contributed by atoms with van der Waals surface area (Å²) in [6.07, 6.45) is -1.23. The van der Waals surface area contributed by atoms with Crippen LogP contribution in [0, 0.1) is 5.41 Å². The highest BCUT2D eigenvalue weighted by Crippen LogP contribution is 2.53. The molecule has 1 aromatic heterocycles. The SMILES string of the molecule is CN(C)C=C1CC1(C=O)CC(=O)c1cccnc1C(F)(F)F. The van der Waals surface area contributed by atoms with Crippen LogP contribution in [0.2, 0.25) is 0 Å². The van der Waals surface area contributed by atoms with Crippen LogP contribution in [0.3, 0.4) is 0 Å². The lowest BCUT2D eigenvalue weighted by Gasteiger charge is -2.12. The van der Waals surface area contributed by atoms with Gasteiger partial charge in [-0.05, 0) is 30.3 Å². The van der Waals surface area contributed by atoms with Gasteiger partial charge in [0.1, 0.15) is 6.29 Å². The fourth-order valence-corrected chi connectivity index (χ4v) is 2.35. The number of carbonyl (C=O) groups excluding carboxylic acids is 2. The van der Waals surface area contributed by atoms with Gasteiger partial charge in [-0.15, -0.1) is 0 Å². The van der Waals surface area contributed by atoms with E-state index in [0.717, 1.165) is 17.8 Å². The van der Waals surface area contributed by atoms with Crippen molar-refractivity contribution in [2.75, 3.05) is 14.1 Å². The highest BCUT2D eigenvalue weighted by Gasteiger charge is 2.51. The quantitative estimate of drug-likeness (QED) is 0.619. The van der Waals surface area contributed by atoms with Crippen LogP contribution in [-0.4, -0.2) is 36.0 Å². The third kappa shape index (κ3) is 3.18.